The van der Waals surface area contributed by atoms with Gasteiger partial charge in [-0.05, 0) is 42.9 Å². The first-order valence-corrected chi connectivity index (χ1v) is 6.87. The van der Waals surface area contributed by atoms with Gasteiger partial charge >= 0.3 is 5.97 Å². The number of aromatic nitrogens is 2. The number of hydrogen-bond acceptors (Lipinski definition) is 3. The van der Waals surface area contributed by atoms with Crippen molar-refractivity contribution in [3.05, 3.63) is 46.9 Å². The van der Waals surface area contributed by atoms with E-state index >= 15 is 0 Å². The lowest BCUT2D eigenvalue weighted by Gasteiger charge is -2.11. The number of halogens is 1. The molecular weight excluding hydrogens is 276 g/mol. The third-order valence-electron chi connectivity index (χ3n) is 3.43. The first kappa shape index (κ1) is 13.1. The molecule has 2 aromatic rings. The van der Waals surface area contributed by atoms with Crippen LogP contribution in [-0.2, 0) is 6.42 Å². The fourth-order valence-corrected chi connectivity index (χ4v) is 2.48. The van der Waals surface area contributed by atoms with Crippen molar-refractivity contribution in [3.63, 3.8) is 0 Å². The van der Waals surface area contributed by atoms with Gasteiger partial charge in [0.25, 0.3) is 0 Å². The highest BCUT2D eigenvalue weighted by molar-refractivity contribution is 6.31. The molecule has 1 N–H and O–H groups in total. The van der Waals surface area contributed by atoms with Gasteiger partial charge < -0.3 is 5.11 Å². The van der Waals surface area contributed by atoms with Crippen LogP contribution in [0.2, 0.25) is 5.02 Å². The molecule has 1 aromatic heterocycles. The van der Waals surface area contributed by atoms with Crippen molar-refractivity contribution in [2.24, 2.45) is 5.92 Å². The zero-order chi connectivity index (χ0) is 14.1. The lowest BCUT2D eigenvalue weighted by atomic mass is 9.99. The maximum absolute atomic E-state index is 11.0. The number of carbonyl (C=O) groups is 1. The van der Waals surface area contributed by atoms with Crippen LogP contribution in [0.15, 0.2) is 30.5 Å². The largest absolute Gasteiger partial charge is 0.475 e. The van der Waals surface area contributed by atoms with Gasteiger partial charge in [0.2, 0.25) is 5.82 Å². The van der Waals surface area contributed by atoms with E-state index in [9.17, 15) is 4.79 Å². The summed E-state index contributed by atoms with van der Waals surface area (Å²) in [6, 6.07) is 7.37. The summed E-state index contributed by atoms with van der Waals surface area (Å²) in [5.74, 6) is -0.633. The van der Waals surface area contributed by atoms with E-state index in [0.717, 1.165) is 17.5 Å². The van der Waals surface area contributed by atoms with Gasteiger partial charge in [-0.1, -0.05) is 23.7 Å². The highest BCUT2D eigenvalue weighted by Crippen LogP contribution is 2.38. The summed E-state index contributed by atoms with van der Waals surface area (Å²) >= 11 is 6.29. The monoisotopic (exact) mass is 288 g/mol. The summed E-state index contributed by atoms with van der Waals surface area (Å²) in [5.41, 5.74) is 2.55. The van der Waals surface area contributed by atoms with Crippen molar-refractivity contribution < 1.29 is 9.90 Å². The Kier molecular flexibility index (Phi) is 3.40. The van der Waals surface area contributed by atoms with E-state index in [-0.39, 0.29) is 5.82 Å². The minimum absolute atomic E-state index is 0.195. The highest BCUT2D eigenvalue weighted by Gasteiger charge is 2.24. The van der Waals surface area contributed by atoms with Crippen molar-refractivity contribution in [3.8, 4) is 11.3 Å². The predicted molar refractivity (Wildman–Crippen MR) is 75.9 cm³/mol. The van der Waals surface area contributed by atoms with E-state index in [2.05, 4.69) is 9.97 Å². The quantitative estimate of drug-likeness (QED) is 0.936. The Morgan fingerprint density at radius 1 is 1.35 bits per heavy atom. The van der Waals surface area contributed by atoms with Crippen molar-refractivity contribution in [1.29, 1.82) is 0 Å². The first-order chi connectivity index (χ1) is 9.65. The molecule has 0 aliphatic heterocycles. The van der Waals surface area contributed by atoms with Gasteiger partial charge in [0.05, 0.1) is 5.69 Å². The molecule has 0 saturated heterocycles. The molecule has 4 nitrogen and oxygen atoms in total. The molecule has 1 aliphatic rings. The number of carboxylic acids is 1. The fraction of sp³-hybridized carbons (Fsp3) is 0.267. The Hall–Kier alpha value is -1.94. The Labute approximate surface area is 121 Å². The lowest BCUT2D eigenvalue weighted by Crippen LogP contribution is -2.05. The molecule has 0 spiro atoms. The van der Waals surface area contributed by atoms with Crippen LogP contribution in [0.5, 0.6) is 0 Å². The molecule has 0 amide bonds. The molecule has 0 bridgehead atoms. The van der Waals surface area contributed by atoms with E-state index < -0.39 is 5.97 Å². The topological polar surface area (TPSA) is 63.1 Å². The van der Waals surface area contributed by atoms with E-state index in [4.69, 9.17) is 16.7 Å². The van der Waals surface area contributed by atoms with Crippen LogP contribution in [0.25, 0.3) is 11.3 Å². The van der Waals surface area contributed by atoms with Crippen LogP contribution in [0.1, 0.15) is 29.0 Å². The van der Waals surface area contributed by atoms with Crippen LogP contribution in [0, 0.1) is 5.92 Å². The zero-order valence-corrected chi connectivity index (χ0v) is 11.5. The Morgan fingerprint density at radius 2 is 2.15 bits per heavy atom. The van der Waals surface area contributed by atoms with Crippen LogP contribution in [0.4, 0.5) is 0 Å². The molecule has 102 valence electrons. The second kappa shape index (κ2) is 5.21. The van der Waals surface area contributed by atoms with Crippen LogP contribution >= 0.6 is 11.6 Å². The molecule has 0 radical (unpaired) electrons. The molecule has 1 saturated carbocycles. The zero-order valence-electron chi connectivity index (χ0n) is 10.7. The molecular formula is C15H13ClN2O2. The van der Waals surface area contributed by atoms with Crippen LogP contribution in [-0.4, -0.2) is 21.0 Å². The summed E-state index contributed by atoms with van der Waals surface area (Å²) in [7, 11) is 0. The second-order valence-corrected chi connectivity index (χ2v) is 5.39. The maximum Gasteiger partial charge on any atom is 0.373 e. The van der Waals surface area contributed by atoms with Gasteiger partial charge in [-0.2, -0.15) is 0 Å². The van der Waals surface area contributed by atoms with Gasteiger partial charge in [0, 0.05) is 16.8 Å². The smallest absolute Gasteiger partial charge is 0.373 e. The SMILES string of the molecule is O=C(O)c1nccc(-c2cccc(Cl)c2CC2CC2)n1. The standard InChI is InChI=1S/C15H13ClN2O2/c16-12-3-1-2-10(11(12)8-9-4-5-9)13-6-7-17-14(18-13)15(19)20/h1-3,6-7,9H,4-5,8H2,(H,19,20). The molecule has 1 heterocycles. The Morgan fingerprint density at radius 3 is 2.85 bits per heavy atom. The van der Waals surface area contributed by atoms with E-state index in [1.807, 2.05) is 18.2 Å². The normalized spacial score (nSPS) is 14.2. The summed E-state index contributed by atoms with van der Waals surface area (Å²) in [4.78, 5) is 18.8. The van der Waals surface area contributed by atoms with Gasteiger partial charge in [0.1, 0.15) is 0 Å². The number of rotatable bonds is 4. The summed E-state index contributed by atoms with van der Waals surface area (Å²) in [5, 5.41) is 9.70. The minimum atomic E-state index is -1.13. The number of hydrogen-bond donors (Lipinski definition) is 1. The lowest BCUT2D eigenvalue weighted by molar-refractivity contribution is 0.0683. The third kappa shape index (κ3) is 2.65. The van der Waals surface area contributed by atoms with Crippen molar-refractivity contribution in [1.82, 2.24) is 9.97 Å². The fourth-order valence-electron chi connectivity index (χ4n) is 2.23. The van der Waals surface area contributed by atoms with Gasteiger partial charge in [-0.25, -0.2) is 14.8 Å². The average molecular weight is 289 g/mol. The van der Waals surface area contributed by atoms with E-state index in [1.54, 1.807) is 6.07 Å². The van der Waals surface area contributed by atoms with Crippen LogP contribution in [0.3, 0.4) is 0 Å². The predicted octanol–water partition coefficient (Wildman–Crippen LogP) is 3.45. The summed E-state index contributed by atoms with van der Waals surface area (Å²) in [6.45, 7) is 0. The molecule has 0 unspecified atom stereocenters. The number of benzene rings is 1. The molecule has 20 heavy (non-hydrogen) atoms. The van der Waals surface area contributed by atoms with Gasteiger partial charge in [-0.3, -0.25) is 0 Å². The molecule has 1 aromatic carbocycles. The molecule has 0 atom stereocenters. The minimum Gasteiger partial charge on any atom is -0.475 e. The van der Waals surface area contributed by atoms with E-state index in [1.165, 1.54) is 19.0 Å². The van der Waals surface area contributed by atoms with Gasteiger partial charge in [0.15, 0.2) is 0 Å². The number of carboxylic acid groups (broad SMARTS) is 1. The number of nitrogens with zero attached hydrogens (tertiary/aromatic N) is 2. The van der Waals surface area contributed by atoms with Crippen LogP contribution < -0.4 is 0 Å². The van der Waals surface area contributed by atoms with Gasteiger partial charge in [-0.15, -0.1) is 0 Å². The van der Waals surface area contributed by atoms with Crippen molar-refractivity contribution >= 4 is 17.6 Å². The van der Waals surface area contributed by atoms with Crippen molar-refractivity contribution in [2.45, 2.75) is 19.3 Å². The second-order valence-electron chi connectivity index (χ2n) is 4.98. The highest BCUT2D eigenvalue weighted by atomic mass is 35.5. The maximum atomic E-state index is 11.0. The molecule has 1 fully saturated rings. The van der Waals surface area contributed by atoms with Crippen molar-refractivity contribution in [2.75, 3.05) is 0 Å². The first-order valence-electron chi connectivity index (χ1n) is 6.49. The third-order valence-corrected chi connectivity index (χ3v) is 3.79. The van der Waals surface area contributed by atoms with E-state index in [0.29, 0.717) is 16.6 Å². The summed E-state index contributed by atoms with van der Waals surface area (Å²) in [6.07, 6.45) is 4.85. The molecule has 1 aliphatic carbocycles. The molecule has 3 rings (SSSR count). The molecule has 5 heteroatoms. The Balaban J connectivity index is 2.06. The number of aromatic carboxylic acids is 1. The Bertz CT molecular complexity index is 669. The summed E-state index contributed by atoms with van der Waals surface area (Å²) < 4.78 is 0. The average Bonchev–Trinajstić information content (AvgIpc) is 3.25.